The van der Waals surface area contributed by atoms with E-state index in [2.05, 4.69) is 20.6 Å². The Labute approximate surface area is 219 Å². The fourth-order valence-electron chi connectivity index (χ4n) is 4.69. The number of aryl methyl sites for hydroxylation is 1. The Balaban J connectivity index is 1.44. The lowest BCUT2D eigenvalue weighted by Gasteiger charge is -2.34. The molecular formula is C28H39N5O4. The normalized spacial score (nSPS) is 19.8. The van der Waals surface area contributed by atoms with Crippen molar-refractivity contribution in [1.82, 2.24) is 20.6 Å². The Kier molecular flexibility index (Phi) is 8.76. The molecule has 1 aliphatic carbocycles. The Morgan fingerprint density at radius 3 is 2.57 bits per heavy atom. The van der Waals surface area contributed by atoms with Crippen molar-refractivity contribution < 1.29 is 19.1 Å². The summed E-state index contributed by atoms with van der Waals surface area (Å²) in [5.74, 6) is 0.142. The molecule has 1 aromatic heterocycles. The fourth-order valence-corrected chi connectivity index (χ4v) is 4.69. The first kappa shape index (κ1) is 27.0. The zero-order valence-electron chi connectivity index (χ0n) is 22.3. The van der Waals surface area contributed by atoms with E-state index in [0.29, 0.717) is 44.6 Å². The summed E-state index contributed by atoms with van der Waals surface area (Å²) in [6, 6.07) is 10.0. The molecule has 1 saturated carbocycles. The number of rotatable bonds is 11. The monoisotopic (exact) mass is 509 g/mol. The van der Waals surface area contributed by atoms with E-state index in [1.807, 2.05) is 51.1 Å². The number of ether oxygens (including phenoxy) is 2. The molecule has 1 aliphatic heterocycles. The van der Waals surface area contributed by atoms with E-state index in [4.69, 9.17) is 9.47 Å². The first-order chi connectivity index (χ1) is 17.8. The largest absolute Gasteiger partial charge is 0.477 e. The van der Waals surface area contributed by atoms with Crippen molar-refractivity contribution in [2.75, 3.05) is 38.3 Å². The molecule has 2 heterocycles. The average Bonchev–Trinajstić information content (AvgIpc) is 3.74. The van der Waals surface area contributed by atoms with Crippen LogP contribution in [0.4, 0.5) is 5.95 Å². The van der Waals surface area contributed by atoms with Gasteiger partial charge in [0.25, 0.3) is 0 Å². The minimum absolute atomic E-state index is 0.0380. The standard InChI is InChI=1S/C28H39N5O4/c1-19-16-30-27(31-25(19)37-14-8-13-36-4)33(23-11-12-23)26(35)21-15-20(17-29-18-21)24(34)32-28(2,3)22-9-6-5-7-10-22/h5-7,9-10,16,20-21,23,29H,8,11-15,17-18H2,1-4H3,(H,32,34)/t20-,21+/m0/s1. The van der Waals surface area contributed by atoms with Gasteiger partial charge in [-0.15, -0.1) is 0 Å². The number of piperidine rings is 1. The van der Waals surface area contributed by atoms with Gasteiger partial charge in [-0.3, -0.25) is 14.5 Å². The molecule has 9 heteroatoms. The SMILES string of the molecule is COCCCOc1nc(N(C(=O)[C@H]2CNC[C@@H](C(=O)NC(C)(C)c3ccccc3)C2)C2CC2)ncc1C. The van der Waals surface area contributed by atoms with Gasteiger partial charge in [0.05, 0.1) is 24.0 Å². The van der Waals surface area contributed by atoms with Crippen LogP contribution < -0.4 is 20.3 Å². The zero-order valence-corrected chi connectivity index (χ0v) is 22.3. The second-order valence-corrected chi connectivity index (χ2v) is 10.6. The van der Waals surface area contributed by atoms with E-state index >= 15 is 0 Å². The van der Waals surface area contributed by atoms with Crippen LogP contribution in [0, 0.1) is 18.8 Å². The summed E-state index contributed by atoms with van der Waals surface area (Å²) in [6.45, 7) is 8.05. The van der Waals surface area contributed by atoms with Crippen molar-refractivity contribution in [3.05, 3.63) is 47.7 Å². The fraction of sp³-hybridized carbons (Fsp3) is 0.571. The Morgan fingerprint density at radius 2 is 1.86 bits per heavy atom. The summed E-state index contributed by atoms with van der Waals surface area (Å²) in [4.78, 5) is 37.8. The van der Waals surface area contributed by atoms with Crippen molar-refractivity contribution >= 4 is 17.8 Å². The number of carbonyl (C=O) groups is 2. The van der Waals surface area contributed by atoms with Gasteiger partial charge < -0.3 is 20.1 Å². The lowest BCUT2D eigenvalue weighted by Crippen LogP contribution is -2.52. The molecule has 4 rings (SSSR count). The van der Waals surface area contributed by atoms with Gasteiger partial charge >= 0.3 is 0 Å². The third-order valence-electron chi connectivity index (χ3n) is 7.01. The molecule has 0 bridgehead atoms. The van der Waals surface area contributed by atoms with Crippen molar-refractivity contribution in [3.8, 4) is 5.88 Å². The van der Waals surface area contributed by atoms with E-state index in [0.717, 1.165) is 30.4 Å². The van der Waals surface area contributed by atoms with E-state index in [-0.39, 0.29) is 29.7 Å². The summed E-state index contributed by atoms with van der Waals surface area (Å²) in [5.41, 5.74) is 1.35. The van der Waals surface area contributed by atoms with Crippen molar-refractivity contribution in [2.24, 2.45) is 11.8 Å². The van der Waals surface area contributed by atoms with Gasteiger partial charge in [-0.25, -0.2) is 4.98 Å². The number of carbonyl (C=O) groups excluding carboxylic acids is 2. The maximum absolute atomic E-state index is 13.8. The zero-order chi connectivity index (χ0) is 26.4. The molecule has 9 nitrogen and oxygen atoms in total. The number of aromatic nitrogens is 2. The van der Waals surface area contributed by atoms with Crippen LogP contribution in [0.1, 0.15) is 50.7 Å². The highest BCUT2D eigenvalue weighted by Gasteiger charge is 2.41. The smallest absolute Gasteiger partial charge is 0.235 e. The molecule has 2 N–H and O–H groups in total. The molecule has 37 heavy (non-hydrogen) atoms. The van der Waals surface area contributed by atoms with E-state index in [9.17, 15) is 9.59 Å². The molecule has 2 atom stereocenters. The van der Waals surface area contributed by atoms with Gasteiger partial charge in [-0.05, 0) is 45.6 Å². The van der Waals surface area contributed by atoms with Crippen LogP contribution in [0.3, 0.4) is 0 Å². The Hall–Kier alpha value is -3.04. The highest BCUT2D eigenvalue weighted by atomic mass is 16.5. The van der Waals surface area contributed by atoms with Crippen LogP contribution in [-0.2, 0) is 19.9 Å². The van der Waals surface area contributed by atoms with Gasteiger partial charge in [-0.2, -0.15) is 4.98 Å². The van der Waals surface area contributed by atoms with Crippen molar-refractivity contribution in [1.29, 1.82) is 0 Å². The summed E-state index contributed by atoms with van der Waals surface area (Å²) in [7, 11) is 1.66. The maximum atomic E-state index is 13.8. The average molecular weight is 510 g/mol. The minimum Gasteiger partial charge on any atom is -0.477 e. The Morgan fingerprint density at radius 1 is 1.14 bits per heavy atom. The van der Waals surface area contributed by atoms with Crippen molar-refractivity contribution in [2.45, 2.75) is 58.0 Å². The predicted octanol–water partition coefficient (Wildman–Crippen LogP) is 2.97. The number of nitrogens with zero attached hydrogens (tertiary/aromatic N) is 3. The second kappa shape index (κ2) is 12.0. The third-order valence-corrected chi connectivity index (χ3v) is 7.01. The second-order valence-electron chi connectivity index (χ2n) is 10.6. The quantitative estimate of drug-likeness (QED) is 0.449. The van der Waals surface area contributed by atoms with Crippen LogP contribution in [0.2, 0.25) is 0 Å². The lowest BCUT2D eigenvalue weighted by molar-refractivity contribution is -0.129. The molecule has 2 aliphatic rings. The van der Waals surface area contributed by atoms with Gasteiger partial charge in [-0.1, -0.05) is 30.3 Å². The number of hydrogen-bond donors (Lipinski definition) is 2. The van der Waals surface area contributed by atoms with E-state index in [1.54, 1.807) is 18.2 Å². The molecule has 0 spiro atoms. The number of amides is 2. The van der Waals surface area contributed by atoms with Gasteiger partial charge in [0.2, 0.25) is 23.6 Å². The van der Waals surface area contributed by atoms with Crippen LogP contribution >= 0.6 is 0 Å². The van der Waals surface area contributed by atoms with Crippen LogP contribution in [0.25, 0.3) is 0 Å². The molecule has 0 unspecified atom stereocenters. The lowest BCUT2D eigenvalue weighted by atomic mass is 9.87. The number of hydrogen-bond acceptors (Lipinski definition) is 7. The molecule has 1 aromatic carbocycles. The maximum Gasteiger partial charge on any atom is 0.235 e. The third kappa shape index (κ3) is 6.84. The molecule has 2 aromatic rings. The van der Waals surface area contributed by atoms with Gasteiger partial charge in [0, 0.05) is 51.0 Å². The Bertz CT molecular complexity index is 1070. The number of anilines is 1. The first-order valence-electron chi connectivity index (χ1n) is 13.2. The number of benzene rings is 1. The van der Waals surface area contributed by atoms with Gasteiger partial charge in [0.1, 0.15) is 0 Å². The van der Waals surface area contributed by atoms with Crippen molar-refractivity contribution in [3.63, 3.8) is 0 Å². The summed E-state index contributed by atoms with van der Waals surface area (Å²) in [5, 5.41) is 6.50. The molecule has 2 amide bonds. The van der Waals surface area contributed by atoms with Crippen LogP contribution in [0.15, 0.2) is 36.5 Å². The number of nitrogens with one attached hydrogen (secondary N) is 2. The van der Waals surface area contributed by atoms with E-state index < -0.39 is 5.54 Å². The highest BCUT2D eigenvalue weighted by molar-refractivity contribution is 5.95. The molecular weight excluding hydrogens is 470 g/mol. The predicted molar refractivity (Wildman–Crippen MR) is 141 cm³/mol. The topological polar surface area (TPSA) is 106 Å². The highest BCUT2D eigenvalue weighted by Crippen LogP contribution is 2.34. The molecule has 2 fully saturated rings. The molecule has 0 radical (unpaired) electrons. The van der Waals surface area contributed by atoms with Crippen LogP contribution in [-0.4, -0.2) is 61.2 Å². The van der Waals surface area contributed by atoms with Gasteiger partial charge in [0.15, 0.2) is 0 Å². The molecule has 1 saturated heterocycles. The molecule has 200 valence electrons. The van der Waals surface area contributed by atoms with E-state index in [1.165, 1.54) is 0 Å². The minimum atomic E-state index is -0.509. The summed E-state index contributed by atoms with van der Waals surface area (Å²) in [6.07, 6.45) is 4.78. The van der Waals surface area contributed by atoms with Crippen LogP contribution in [0.5, 0.6) is 5.88 Å². The number of methoxy groups -OCH3 is 1. The summed E-state index contributed by atoms with van der Waals surface area (Å²) >= 11 is 0. The first-order valence-corrected chi connectivity index (χ1v) is 13.2. The summed E-state index contributed by atoms with van der Waals surface area (Å²) < 4.78 is 10.9.